The van der Waals surface area contributed by atoms with Crippen LogP contribution in [0.5, 0.6) is 0 Å². The number of aliphatic hydroxyl groups is 2. The Balaban J connectivity index is 4.75. The number of carbonyl (C=O) groups is 3. The van der Waals surface area contributed by atoms with Crippen LogP contribution in [0.25, 0.3) is 0 Å². The van der Waals surface area contributed by atoms with E-state index < -0.39 is 91.5 Å². The van der Waals surface area contributed by atoms with Crippen LogP contribution >= 0.6 is 15.6 Å². The monoisotopic (exact) mass is 1210 g/mol. The van der Waals surface area contributed by atoms with Gasteiger partial charge < -0.3 is 34.2 Å². The normalized spacial score (nSPS) is 14.9. The summed E-state index contributed by atoms with van der Waals surface area (Å²) >= 11 is 0. The molecule has 18 heteroatoms. The second-order valence-corrected chi connectivity index (χ2v) is 24.1. The topological polar surface area (TPSA) is 231 Å². The quantitative estimate of drug-likeness (QED) is 0.0146. The number of allylic oxidation sites excluding steroid dienone is 14. The average Bonchev–Trinajstić information content (AvgIpc) is 3.47. The van der Waals surface area contributed by atoms with Crippen molar-refractivity contribution >= 4 is 33.6 Å². The number of carbonyl (C=O) groups excluding carboxylic acids is 3. The van der Waals surface area contributed by atoms with Gasteiger partial charge in [-0.15, -0.1) is 0 Å². The first-order valence-electron chi connectivity index (χ1n) is 31.9. The molecule has 0 saturated heterocycles. The fourth-order valence-corrected chi connectivity index (χ4v) is 9.77. The number of hydrogen-bond donors (Lipinski definition) is 4. The van der Waals surface area contributed by atoms with Gasteiger partial charge in [0.15, 0.2) is 6.10 Å². The van der Waals surface area contributed by atoms with E-state index in [1.807, 2.05) is 12.2 Å². The molecule has 0 fully saturated rings. The highest BCUT2D eigenvalue weighted by Crippen LogP contribution is 2.45. The van der Waals surface area contributed by atoms with Crippen molar-refractivity contribution in [2.75, 3.05) is 39.6 Å². The van der Waals surface area contributed by atoms with Crippen molar-refractivity contribution < 1.29 is 75.8 Å². The SMILES string of the molecule is CC/C=C\C/C=C\C/C=C\C/C=C\C/C=C\CCCC(=O)OCC(O)COP(=O)(O)OCC(O)COP(=O)(O)OCC(COC(=O)CCCCCCC/C=C\CCCCCCCC)OC(=O)CCCCCCC/C=C\CCCCCCCC. The minimum absolute atomic E-state index is 0.0926. The van der Waals surface area contributed by atoms with Crippen molar-refractivity contribution in [3.05, 3.63) is 85.1 Å². The van der Waals surface area contributed by atoms with E-state index in [4.69, 9.17) is 32.3 Å². The fraction of sp³-hybridized carbons (Fsp3) is 0.738. The Morgan fingerprint density at radius 1 is 0.349 bits per heavy atom. The van der Waals surface area contributed by atoms with Crippen molar-refractivity contribution in [1.82, 2.24) is 0 Å². The summed E-state index contributed by atoms with van der Waals surface area (Å²) in [7, 11) is -9.78. The third-order valence-corrected chi connectivity index (χ3v) is 15.0. The number of hydrogen-bond acceptors (Lipinski definition) is 14. The number of ether oxygens (including phenoxy) is 3. The van der Waals surface area contributed by atoms with Gasteiger partial charge in [0, 0.05) is 19.3 Å². The van der Waals surface area contributed by atoms with Crippen LogP contribution in [0, 0.1) is 0 Å². The van der Waals surface area contributed by atoms with Crippen molar-refractivity contribution in [3.8, 4) is 0 Å². The number of aliphatic hydroxyl groups excluding tert-OH is 2. The van der Waals surface area contributed by atoms with E-state index in [0.717, 1.165) is 109 Å². The number of rotatable bonds is 60. The summed E-state index contributed by atoms with van der Waals surface area (Å²) in [5.74, 6) is -1.65. The van der Waals surface area contributed by atoms with Gasteiger partial charge in [-0.3, -0.25) is 32.5 Å². The lowest BCUT2D eigenvalue weighted by atomic mass is 10.1. The van der Waals surface area contributed by atoms with E-state index in [1.54, 1.807) is 0 Å². The Kier molecular flexibility index (Phi) is 56.8. The highest BCUT2D eigenvalue weighted by molar-refractivity contribution is 7.47. The maximum atomic E-state index is 12.9. The molecule has 0 amide bonds. The van der Waals surface area contributed by atoms with E-state index in [-0.39, 0.29) is 19.3 Å². The Morgan fingerprint density at radius 3 is 1.07 bits per heavy atom. The maximum absolute atomic E-state index is 12.9. The fourth-order valence-electron chi connectivity index (χ4n) is 8.18. The van der Waals surface area contributed by atoms with Gasteiger partial charge in [-0.25, -0.2) is 9.13 Å². The molecule has 0 aliphatic heterocycles. The first kappa shape index (κ1) is 79.7. The van der Waals surface area contributed by atoms with Gasteiger partial charge >= 0.3 is 33.6 Å². The molecule has 0 heterocycles. The van der Waals surface area contributed by atoms with E-state index in [0.29, 0.717) is 25.7 Å². The van der Waals surface area contributed by atoms with Crippen LogP contribution in [0.4, 0.5) is 0 Å². The molecule has 0 aromatic rings. The number of esters is 3. The Morgan fingerprint density at radius 2 is 0.651 bits per heavy atom. The molecule has 4 N–H and O–H groups in total. The first-order chi connectivity index (χ1) is 40.2. The summed E-state index contributed by atoms with van der Waals surface area (Å²) in [4.78, 5) is 58.2. The molecule has 5 atom stereocenters. The molecule has 480 valence electrons. The molecule has 5 unspecified atom stereocenters. The van der Waals surface area contributed by atoms with Crippen LogP contribution in [-0.4, -0.2) is 95.9 Å². The predicted molar refractivity (Wildman–Crippen MR) is 334 cm³/mol. The molecule has 0 spiro atoms. The van der Waals surface area contributed by atoms with Gasteiger partial charge in [-0.2, -0.15) is 0 Å². The first-order valence-corrected chi connectivity index (χ1v) is 34.9. The summed E-state index contributed by atoms with van der Waals surface area (Å²) in [6.45, 7) is 2.45. The van der Waals surface area contributed by atoms with E-state index >= 15 is 0 Å². The Labute approximate surface area is 502 Å². The number of phosphoric ester groups is 2. The highest BCUT2D eigenvalue weighted by atomic mass is 31.2. The molecule has 0 aliphatic rings. The van der Waals surface area contributed by atoms with Crippen LogP contribution in [0.3, 0.4) is 0 Å². The molecule has 0 radical (unpaired) electrons. The van der Waals surface area contributed by atoms with Gasteiger partial charge in [-0.1, -0.05) is 209 Å². The van der Waals surface area contributed by atoms with Gasteiger partial charge in [0.2, 0.25) is 0 Å². The van der Waals surface area contributed by atoms with Gasteiger partial charge in [0.1, 0.15) is 25.4 Å². The van der Waals surface area contributed by atoms with E-state index in [1.165, 1.54) is 77.0 Å². The van der Waals surface area contributed by atoms with Crippen molar-refractivity contribution in [1.29, 1.82) is 0 Å². The second-order valence-electron chi connectivity index (χ2n) is 21.2. The molecule has 0 bridgehead atoms. The van der Waals surface area contributed by atoms with Crippen molar-refractivity contribution in [2.45, 2.75) is 270 Å². The zero-order chi connectivity index (χ0) is 61.0. The van der Waals surface area contributed by atoms with Gasteiger partial charge in [0.25, 0.3) is 0 Å². The summed E-state index contributed by atoms with van der Waals surface area (Å²) in [6, 6.07) is 0. The Bertz CT molecular complexity index is 1860. The zero-order valence-electron chi connectivity index (χ0n) is 51.6. The van der Waals surface area contributed by atoms with Crippen molar-refractivity contribution in [3.63, 3.8) is 0 Å². The summed E-state index contributed by atoms with van der Waals surface area (Å²) < 4.78 is 60.7. The lowest BCUT2D eigenvalue weighted by molar-refractivity contribution is -0.161. The molecular weight excluding hydrogens is 1100 g/mol. The minimum atomic E-state index is -4.93. The zero-order valence-corrected chi connectivity index (χ0v) is 53.4. The third kappa shape index (κ3) is 60.2. The van der Waals surface area contributed by atoms with Gasteiger partial charge in [0.05, 0.1) is 26.4 Å². The van der Waals surface area contributed by atoms with Crippen LogP contribution < -0.4 is 0 Å². The molecule has 16 nitrogen and oxygen atoms in total. The molecule has 0 rings (SSSR count). The molecule has 0 saturated carbocycles. The van der Waals surface area contributed by atoms with E-state index in [2.05, 4.69) is 93.7 Å². The summed E-state index contributed by atoms with van der Waals surface area (Å²) in [6.07, 6.45) is 60.8. The lowest BCUT2D eigenvalue weighted by Crippen LogP contribution is -2.30. The van der Waals surface area contributed by atoms with E-state index in [9.17, 15) is 43.5 Å². The molecule has 0 aromatic heterocycles. The van der Waals surface area contributed by atoms with Crippen LogP contribution in [0.1, 0.15) is 252 Å². The Hall–Kier alpha value is -3.27. The smallest absolute Gasteiger partial charge is 0.463 e. The highest BCUT2D eigenvalue weighted by Gasteiger charge is 2.29. The lowest BCUT2D eigenvalue weighted by Gasteiger charge is -2.21. The molecular formula is C65H114O16P2. The van der Waals surface area contributed by atoms with Crippen molar-refractivity contribution in [2.24, 2.45) is 0 Å². The number of phosphoric acid groups is 2. The van der Waals surface area contributed by atoms with Crippen LogP contribution in [-0.2, 0) is 55.8 Å². The number of unbranched alkanes of at least 4 members (excludes halogenated alkanes) is 23. The molecule has 0 aromatic carbocycles. The summed E-state index contributed by atoms with van der Waals surface area (Å²) in [5.41, 5.74) is 0. The largest absolute Gasteiger partial charge is 0.472 e. The van der Waals surface area contributed by atoms with Crippen LogP contribution in [0.15, 0.2) is 85.1 Å². The predicted octanol–water partition coefficient (Wildman–Crippen LogP) is 17.0. The average molecular weight is 1210 g/mol. The van der Waals surface area contributed by atoms with Crippen LogP contribution in [0.2, 0.25) is 0 Å². The van der Waals surface area contributed by atoms with Gasteiger partial charge in [-0.05, 0) is 109 Å². The standard InChI is InChI=1S/C65H114O16P2/c1-4-7-10-13-16-19-22-25-28-29-32-34-36-39-42-45-48-51-63(68)75-54-60(66)55-77-82(71,72)78-56-61(67)57-79-83(73,74)80-59-62(81-65(70)53-50-47-44-41-38-35-31-27-24-21-18-15-12-9-6-3)58-76-64(69)52-49-46-43-40-37-33-30-26-23-20-17-14-11-8-5-2/h7,10,16,19,25-28,30-32,34,39,42,60-62,66-67H,4-6,8-9,11-15,17-18,20-24,29,33,35-38,40-41,43-59H2,1-3H3,(H,71,72)(H,73,74)/b10-7-,19-16-,28-25-,30-26-,31-27-,34-32-,42-39-. The molecule has 0 aliphatic carbocycles. The third-order valence-electron chi connectivity index (χ3n) is 13.1. The minimum Gasteiger partial charge on any atom is -0.463 e. The maximum Gasteiger partial charge on any atom is 0.472 e. The second kappa shape index (κ2) is 59.1. The summed E-state index contributed by atoms with van der Waals surface area (Å²) in [5, 5.41) is 20.5. The molecule has 83 heavy (non-hydrogen) atoms.